The summed E-state index contributed by atoms with van der Waals surface area (Å²) in [6, 6.07) is 2.64. The first-order chi connectivity index (χ1) is 8.96. The highest BCUT2D eigenvalue weighted by Crippen LogP contribution is 2.19. The number of rotatable bonds is 3. The molecule has 0 fully saturated rings. The summed E-state index contributed by atoms with van der Waals surface area (Å²) in [4.78, 5) is 34.8. The van der Waals surface area contributed by atoms with Crippen LogP contribution in [0.2, 0.25) is 0 Å². The van der Waals surface area contributed by atoms with Gasteiger partial charge in [-0.25, -0.2) is 14.4 Å². The minimum Gasteiger partial charge on any atom is -0.465 e. The molecular formula is C13H14O6. The number of hydrogen-bond acceptors (Lipinski definition) is 6. The van der Waals surface area contributed by atoms with Crippen molar-refractivity contribution >= 4 is 17.9 Å². The first kappa shape index (κ1) is 14.7. The maximum absolute atomic E-state index is 11.6. The fourth-order valence-electron chi connectivity index (χ4n) is 1.59. The molecule has 6 heteroatoms. The largest absolute Gasteiger partial charge is 0.465 e. The maximum Gasteiger partial charge on any atom is 0.338 e. The molecule has 0 atom stereocenters. The Morgan fingerprint density at radius 1 is 0.789 bits per heavy atom. The third-order valence-corrected chi connectivity index (χ3v) is 2.64. The molecule has 0 heterocycles. The van der Waals surface area contributed by atoms with Crippen molar-refractivity contribution in [2.24, 2.45) is 0 Å². The van der Waals surface area contributed by atoms with E-state index >= 15 is 0 Å². The number of hydrogen-bond donors (Lipinski definition) is 0. The molecule has 1 aromatic rings. The number of benzene rings is 1. The second kappa shape index (κ2) is 5.99. The molecule has 0 saturated heterocycles. The minimum absolute atomic E-state index is 0.0777. The van der Waals surface area contributed by atoms with Crippen LogP contribution in [-0.4, -0.2) is 39.2 Å². The van der Waals surface area contributed by atoms with Crippen molar-refractivity contribution in [2.75, 3.05) is 21.3 Å². The lowest BCUT2D eigenvalue weighted by molar-refractivity contribution is 0.0596. The normalized spacial score (nSPS) is 9.68. The Kier molecular flexibility index (Phi) is 4.63. The van der Waals surface area contributed by atoms with Crippen LogP contribution in [0.1, 0.15) is 36.6 Å². The van der Waals surface area contributed by atoms with E-state index in [4.69, 9.17) is 0 Å². The minimum atomic E-state index is -0.657. The van der Waals surface area contributed by atoms with Gasteiger partial charge in [0.2, 0.25) is 0 Å². The fraction of sp³-hybridized carbons (Fsp3) is 0.308. The molecule has 0 aliphatic rings. The van der Waals surface area contributed by atoms with Crippen molar-refractivity contribution in [1.29, 1.82) is 0 Å². The highest BCUT2D eigenvalue weighted by molar-refractivity contribution is 6.02. The lowest BCUT2D eigenvalue weighted by Gasteiger charge is -2.11. The Morgan fingerprint density at radius 3 is 1.47 bits per heavy atom. The smallest absolute Gasteiger partial charge is 0.338 e. The van der Waals surface area contributed by atoms with Crippen molar-refractivity contribution in [1.82, 2.24) is 0 Å². The zero-order valence-electron chi connectivity index (χ0n) is 11.1. The van der Waals surface area contributed by atoms with Gasteiger partial charge in [0.1, 0.15) is 0 Å². The van der Waals surface area contributed by atoms with Gasteiger partial charge in [-0.15, -0.1) is 0 Å². The van der Waals surface area contributed by atoms with Crippen molar-refractivity contribution in [3.63, 3.8) is 0 Å². The van der Waals surface area contributed by atoms with Gasteiger partial charge in [-0.3, -0.25) is 0 Å². The lowest BCUT2D eigenvalue weighted by Crippen LogP contribution is -2.14. The van der Waals surface area contributed by atoms with Crippen molar-refractivity contribution in [3.05, 3.63) is 34.4 Å². The third-order valence-electron chi connectivity index (χ3n) is 2.64. The molecule has 6 nitrogen and oxygen atoms in total. The van der Waals surface area contributed by atoms with E-state index in [2.05, 4.69) is 14.2 Å². The first-order valence-electron chi connectivity index (χ1n) is 5.35. The number of carbonyl (C=O) groups excluding carboxylic acids is 3. The Labute approximate surface area is 110 Å². The van der Waals surface area contributed by atoms with E-state index in [1.165, 1.54) is 33.5 Å². The Hall–Kier alpha value is -2.37. The van der Waals surface area contributed by atoms with E-state index < -0.39 is 17.9 Å². The van der Waals surface area contributed by atoms with Crippen LogP contribution in [-0.2, 0) is 14.2 Å². The van der Waals surface area contributed by atoms with Crippen LogP contribution in [0.4, 0.5) is 0 Å². The van der Waals surface area contributed by atoms with Crippen LogP contribution in [0.5, 0.6) is 0 Å². The molecule has 0 spiro atoms. The van der Waals surface area contributed by atoms with Gasteiger partial charge in [0.05, 0.1) is 38.0 Å². The van der Waals surface area contributed by atoms with E-state index in [1.54, 1.807) is 6.92 Å². The molecule has 102 valence electrons. The van der Waals surface area contributed by atoms with Crippen molar-refractivity contribution < 1.29 is 28.6 Å². The first-order valence-corrected chi connectivity index (χ1v) is 5.35. The molecule has 0 radical (unpaired) electrons. The molecule has 0 unspecified atom stereocenters. The Bertz CT molecular complexity index is 495. The molecule has 1 rings (SSSR count). The van der Waals surface area contributed by atoms with Gasteiger partial charge in [-0.1, -0.05) is 0 Å². The molecule has 0 bridgehead atoms. The SMILES string of the molecule is COC(=O)c1cc(C(=O)OC)c(C)c(C(=O)OC)c1. The summed E-state index contributed by atoms with van der Waals surface area (Å²) in [5, 5.41) is 0. The van der Waals surface area contributed by atoms with Crippen LogP contribution in [0, 0.1) is 6.92 Å². The third kappa shape index (κ3) is 2.90. The second-order valence-corrected chi connectivity index (χ2v) is 3.67. The molecule has 0 aromatic heterocycles. The standard InChI is InChI=1S/C13H14O6/c1-7-9(12(15)18-3)5-8(11(14)17-2)6-10(7)13(16)19-4/h5-6H,1-4H3. The van der Waals surface area contributed by atoms with Crippen molar-refractivity contribution in [3.8, 4) is 0 Å². The summed E-state index contributed by atoms with van der Waals surface area (Å²) in [6.45, 7) is 1.57. The summed E-state index contributed by atoms with van der Waals surface area (Å²) < 4.78 is 13.8. The predicted molar refractivity (Wildman–Crippen MR) is 65.2 cm³/mol. The maximum atomic E-state index is 11.6. The van der Waals surface area contributed by atoms with Crippen LogP contribution >= 0.6 is 0 Å². The monoisotopic (exact) mass is 266 g/mol. The molecule has 0 aliphatic heterocycles. The van der Waals surface area contributed by atoms with Crippen molar-refractivity contribution in [2.45, 2.75) is 6.92 Å². The zero-order chi connectivity index (χ0) is 14.6. The summed E-state index contributed by atoms with van der Waals surface area (Å²) in [7, 11) is 3.63. The summed E-state index contributed by atoms with van der Waals surface area (Å²) >= 11 is 0. The summed E-state index contributed by atoms with van der Waals surface area (Å²) in [6.07, 6.45) is 0. The topological polar surface area (TPSA) is 78.9 Å². The lowest BCUT2D eigenvalue weighted by atomic mass is 9.98. The van der Waals surface area contributed by atoms with Gasteiger partial charge >= 0.3 is 17.9 Å². The molecule has 19 heavy (non-hydrogen) atoms. The average Bonchev–Trinajstić information content (AvgIpc) is 2.44. The fourth-order valence-corrected chi connectivity index (χ4v) is 1.59. The van der Waals surface area contributed by atoms with Gasteiger partial charge in [0, 0.05) is 0 Å². The number of methoxy groups -OCH3 is 3. The summed E-state index contributed by atoms with van der Waals surface area (Å²) in [5.41, 5.74) is 0.692. The van der Waals surface area contributed by atoms with Gasteiger partial charge < -0.3 is 14.2 Å². The number of esters is 3. The van der Waals surface area contributed by atoms with Gasteiger partial charge in [0.15, 0.2) is 0 Å². The van der Waals surface area contributed by atoms with Crippen LogP contribution in [0.25, 0.3) is 0 Å². The second-order valence-electron chi connectivity index (χ2n) is 3.67. The Balaban J connectivity index is 3.51. The number of carbonyl (C=O) groups is 3. The van der Waals surface area contributed by atoms with E-state index in [-0.39, 0.29) is 16.7 Å². The van der Waals surface area contributed by atoms with E-state index in [9.17, 15) is 14.4 Å². The number of ether oxygens (including phenoxy) is 3. The van der Waals surface area contributed by atoms with Crippen LogP contribution in [0.3, 0.4) is 0 Å². The van der Waals surface area contributed by atoms with Crippen LogP contribution in [0.15, 0.2) is 12.1 Å². The summed E-state index contributed by atoms with van der Waals surface area (Å²) in [5.74, 6) is -1.95. The van der Waals surface area contributed by atoms with Crippen LogP contribution < -0.4 is 0 Å². The predicted octanol–water partition coefficient (Wildman–Crippen LogP) is 1.35. The zero-order valence-corrected chi connectivity index (χ0v) is 11.1. The molecule has 0 N–H and O–H groups in total. The quantitative estimate of drug-likeness (QED) is 0.607. The van der Waals surface area contributed by atoms with Gasteiger partial charge in [0.25, 0.3) is 0 Å². The highest BCUT2D eigenvalue weighted by Gasteiger charge is 2.21. The molecule has 0 aliphatic carbocycles. The van der Waals surface area contributed by atoms with E-state index in [0.717, 1.165) is 0 Å². The average molecular weight is 266 g/mol. The van der Waals surface area contributed by atoms with Gasteiger partial charge in [-0.2, -0.15) is 0 Å². The molecular weight excluding hydrogens is 252 g/mol. The van der Waals surface area contributed by atoms with E-state index in [0.29, 0.717) is 5.56 Å². The molecule has 0 amide bonds. The van der Waals surface area contributed by atoms with E-state index in [1.807, 2.05) is 0 Å². The highest BCUT2D eigenvalue weighted by atomic mass is 16.5. The molecule has 1 aromatic carbocycles. The Morgan fingerprint density at radius 2 is 1.16 bits per heavy atom. The van der Waals surface area contributed by atoms with Gasteiger partial charge in [-0.05, 0) is 24.6 Å². The molecule has 0 saturated carbocycles.